The zero-order chi connectivity index (χ0) is 9.68. The maximum Gasteiger partial charge on any atom is -0.00114 e. The Morgan fingerprint density at radius 3 is 2.23 bits per heavy atom. The van der Waals surface area contributed by atoms with Crippen LogP contribution in [-0.2, 0) is 6.42 Å². The summed E-state index contributed by atoms with van der Waals surface area (Å²) in [5.74, 6) is 0.637. The molecule has 0 saturated carbocycles. The molecule has 1 aromatic rings. The molecule has 0 aliphatic heterocycles. The quantitative estimate of drug-likeness (QED) is 0.745. The van der Waals surface area contributed by atoms with Gasteiger partial charge in [0.15, 0.2) is 0 Å². The van der Waals surface area contributed by atoms with Crippen molar-refractivity contribution in [3.05, 3.63) is 35.4 Å². The van der Waals surface area contributed by atoms with Gasteiger partial charge in [-0.3, -0.25) is 0 Å². The Bertz CT molecular complexity index is 236. The van der Waals surface area contributed by atoms with Crippen LogP contribution in [0.4, 0.5) is 0 Å². The highest BCUT2D eigenvalue weighted by molar-refractivity contribution is 5.24. The van der Waals surface area contributed by atoms with Crippen LogP contribution < -0.4 is 5.32 Å². The van der Waals surface area contributed by atoms with Gasteiger partial charge >= 0.3 is 0 Å². The molecule has 0 heterocycles. The molecule has 1 N–H and O–H groups in total. The Kier molecular flexibility index (Phi) is 3.97. The van der Waals surface area contributed by atoms with Gasteiger partial charge in [-0.2, -0.15) is 0 Å². The van der Waals surface area contributed by atoms with E-state index in [1.807, 2.05) is 7.05 Å². The Labute approximate surface area is 81.2 Å². The summed E-state index contributed by atoms with van der Waals surface area (Å²) < 4.78 is 0. The van der Waals surface area contributed by atoms with Crippen LogP contribution in [-0.4, -0.2) is 13.6 Å². The summed E-state index contributed by atoms with van der Waals surface area (Å²) in [5.41, 5.74) is 2.84. The van der Waals surface area contributed by atoms with Gasteiger partial charge < -0.3 is 5.32 Å². The molecule has 0 saturated heterocycles. The van der Waals surface area contributed by atoms with Gasteiger partial charge in [-0.15, -0.1) is 0 Å². The van der Waals surface area contributed by atoms with Gasteiger partial charge in [0.05, 0.1) is 0 Å². The topological polar surface area (TPSA) is 12.0 Å². The molecule has 0 spiro atoms. The van der Waals surface area contributed by atoms with Crippen LogP contribution in [0.1, 0.15) is 30.9 Å². The SMILES string of the molecule is CNCCc1ccc(C(C)C)cc1. The minimum absolute atomic E-state index is 0.637. The van der Waals surface area contributed by atoms with E-state index in [-0.39, 0.29) is 0 Å². The van der Waals surface area contributed by atoms with E-state index in [2.05, 4.69) is 43.4 Å². The summed E-state index contributed by atoms with van der Waals surface area (Å²) in [5, 5.41) is 3.15. The van der Waals surface area contributed by atoms with Gasteiger partial charge in [0.25, 0.3) is 0 Å². The molecule has 0 bridgehead atoms. The van der Waals surface area contributed by atoms with Crippen molar-refractivity contribution in [3.8, 4) is 0 Å². The van der Waals surface area contributed by atoms with Crippen LogP contribution in [0.2, 0.25) is 0 Å². The van der Waals surface area contributed by atoms with E-state index in [0.717, 1.165) is 13.0 Å². The van der Waals surface area contributed by atoms with Gasteiger partial charge in [0, 0.05) is 0 Å². The molecule has 72 valence electrons. The molecule has 1 rings (SSSR count). The lowest BCUT2D eigenvalue weighted by molar-refractivity contribution is 0.790. The average Bonchev–Trinajstić information content (AvgIpc) is 2.15. The number of benzene rings is 1. The molecule has 0 aromatic heterocycles. The van der Waals surface area contributed by atoms with E-state index in [1.165, 1.54) is 11.1 Å². The fourth-order valence-corrected chi connectivity index (χ4v) is 1.34. The molecule has 0 fully saturated rings. The molecule has 0 atom stereocenters. The third kappa shape index (κ3) is 3.19. The van der Waals surface area contributed by atoms with Crippen molar-refractivity contribution in [2.75, 3.05) is 13.6 Å². The fraction of sp³-hybridized carbons (Fsp3) is 0.500. The lowest BCUT2D eigenvalue weighted by Crippen LogP contribution is -2.10. The Morgan fingerprint density at radius 2 is 1.77 bits per heavy atom. The minimum Gasteiger partial charge on any atom is -0.319 e. The van der Waals surface area contributed by atoms with Crippen molar-refractivity contribution in [3.63, 3.8) is 0 Å². The minimum atomic E-state index is 0.637. The number of likely N-dealkylation sites (N-methyl/N-ethyl adjacent to an activating group) is 1. The molecule has 0 aliphatic carbocycles. The first-order valence-electron chi connectivity index (χ1n) is 4.97. The van der Waals surface area contributed by atoms with Crippen molar-refractivity contribution in [2.24, 2.45) is 0 Å². The molecule has 1 nitrogen and oxygen atoms in total. The third-order valence-electron chi connectivity index (χ3n) is 2.31. The van der Waals surface area contributed by atoms with Crippen molar-refractivity contribution in [2.45, 2.75) is 26.2 Å². The molecular weight excluding hydrogens is 158 g/mol. The van der Waals surface area contributed by atoms with Gasteiger partial charge in [-0.05, 0) is 37.1 Å². The molecule has 0 amide bonds. The van der Waals surface area contributed by atoms with Crippen LogP contribution in [0, 0.1) is 0 Å². The first-order valence-corrected chi connectivity index (χ1v) is 4.97. The summed E-state index contributed by atoms with van der Waals surface area (Å²) in [7, 11) is 1.99. The second kappa shape index (κ2) is 5.03. The summed E-state index contributed by atoms with van der Waals surface area (Å²) in [6.45, 7) is 5.51. The fourth-order valence-electron chi connectivity index (χ4n) is 1.34. The average molecular weight is 177 g/mol. The van der Waals surface area contributed by atoms with E-state index in [4.69, 9.17) is 0 Å². The second-order valence-corrected chi connectivity index (χ2v) is 3.75. The zero-order valence-electron chi connectivity index (χ0n) is 8.80. The van der Waals surface area contributed by atoms with Gasteiger partial charge in [-0.1, -0.05) is 38.1 Å². The van der Waals surface area contributed by atoms with Gasteiger partial charge in [-0.25, -0.2) is 0 Å². The van der Waals surface area contributed by atoms with E-state index in [9.17, 15) is 0 Å². The monoisotopic (exact) mass is 177 g/mol. The molecule has 1 aromatic carbocycles. The van der Waals surface area contributed by atoms with E-state index >= 15 is 0 Å². The van der Waals surface area contributed by atoms with Crippen LogP contribution in [0.3, 0.4) is 0 Å². The third-order valence-corrected chi connectivity index (χ3v) is 2.31. The lowest BCUT2D eigenvalue weighted by Gasteiger charge is -2.06. The molecule has 0 radical (unpaired) electrons. The first kappa shape index (κ1) is 10.3. The zero-order valence-corrected chi connectivity index (χ0v) is 8.80. The highest BCUT2D eigenvalue weighted by Crippen LogP contribution is 2.14. The van der Waals surface area contributed by atoms with E-state index in [0.29, 0.717) is 5.92 Å². The largest absolute Gasteiger partial charge is 0.319 e. The molecular formula is C12H19N. The second-order valence-electron chi connectivity index (χ2n) is 3.75. The number of nitrogens with one attached hydrogen (secondary N) is 1. The van der Waals surface area contributed by atoms with Crippen LogP contribution in [0.25, 0.3) is 0 Å². The number of hydrogen-bond donors (Lipinski definition) is 1. The van der Waals surface area contributed by atoms with Crippen molar-refractivity contribution >= 4 is 0 Å². The maximum atomic E-state index is 3.15. The van der Waals surface area contributed by atoms with Crippen molar-refractivity contribution in [1.29, 1.82) is 0 Å². The molecule has 0 unspecified atom stereocenters. The summed E-state index contributed by atoms with van der Waals surface area (Å²) in [6.07, 6.45) is 1.12. The van der Waals surface area contributed by atoms with Crippen molar-refractivity contribution in [1.82, 2.24) is 5.32 Å². The van der Waals surface area contributed by atoms with E-state index in [1.54, 1.807) is 0 Å². The Hall–Kier alpha value is -0.820. The van der Waals surface area contributed by atoms with Crippen molar-refractivity contribution < 1.29 is 0 Å². The van der Waals surface area contributed by atoms with Gasteiger partial charge in [0.2, 0.25) is 0 Å². The normalized spacial score (nSPS) is 10.8. The van der Waals surface area contributed by atoms with E-state index < -0.39 is 0 Å². The predicted molar refractivity (Wildman–Crippen MR) is 58.2 cm³/mol. The summed E-state index contributed by atoms with van der Waals surface area (Å²) >= 11 is 0. The highest BCUT2D eigenvalue weighted by atomic mass is 14.8. The highest BCUT2D eigenvalue weighted by Gasteiger charge is 1.97. The molecule has 13 heavy (non-hydrogen) atoms. The van der Waals surface area contributed by atoms with Crippen LogP contribution in [0.5, 0.6) is 0 Å². The standard InChI is InChI=1S/C12H19N/c1-10(2)12-6-4-11(5-7-12)8-9-13-3/h4-7,10,13H,8-9H2,1-3H3. The summed E-state index contributed by atoms with van der Waals surface area (Å²) in [6, 6.07) is 8.92. The molecule has 1 heteroatoms. The first-order chi connectivity index (χ1) is 6.24. The smallest absolute Gasteiger partial charge is 0.00114 e. The van der Waals surface area contributed by atoms with Crippen LogP contribution >= 0.6 is 0 Å². The van der Waals surface area contributed by atoms with Gasteiger partial charge in [0.1, 0.15) is 0 Å². The predicted octanol–water partition coefficient (Wildman–Crippen LogP) is 2.57. The molecule has 0 aliphatic rings. The Morgan fingerprint density at radius 1 is 1.15 bits per heavy atom. The maximum absolute atomic E-state index is 3.15. The van der Waals surface area contributed by atoms with Crippen LogP contribution in [0.15, 0.2) is 24.3 Å². The number of hydrogen-bond acceptors (Lipinski definition) is 1. The number of rotatable bonds is 4. The summed E-state index contributed by atoms with van der Waals surface area (Å²) in [4.78, 5) is 0. The lowest BCUT2D eigenvalue weighted by atomic mass is 10.0. The Balaban J connectivity index is 2.59.